The molecule has 1 aliphatic heterocycles. The van der Waals surface area contributed by atoms with Gasteiger partial charge in [0.25, 0.3) is 0 Å². The van der Waals surface area contributed by atoms with Gasteiger partial charge in [0, 0.05) is 27.2 Å². The van der Waals surface area contributed by atoms with E-state index in [0.717, 1.165) is 37.6 Å². The molecule has 0 aliphatic carbocycles. The lowest BCUT2D eigenvalue weighted by atomic mass is 10.2. The zero-order valence-corrected chi connectivity index (χ0v) is 16.1. The Morgan fingerprint density at radius 1 is 1.33 bits per heavy atom. The molecule has 6 nitrogen and oxygen atoms in total. The van der Waals surface area contributed by atoms with Crippen molar-refractivity contribution in [1.29, 1.82) is 0 Å². The summed E-state index contributed by atoms with van der Waals surface area (Å²) in [5.74, 6) is 0.0250. The highest BCUT2D eigenvalue weighted by Gasteiger charge is 2.32. The number of amides is 1. The third-order valence-electron chi connectivity index (χ3n) is 4.48. The van der Waals surface area contributed by atoms with E-state index >= 15 is 0 Å². The van der Waals surface area contributed by atoms with Crippen LogP contribution in [0, 0.1) is 0 Å². The lowest BCUT2D eigenvalue weighted by molar-refractivity contribution is -0.137. The molecule has 1 N–H and O–H groups in total. The van der Waals surface area contributed by atoms with E-state index in [1.54, 1.807) is 19.0 Å². The molecule has 0 spiro atoms. The Bertz CT molecular complexity index is 766. The molecule has 1 aliphatic rings. The number of likely N-dealkylation sites (tertiary alicyclic amines) is 1. The third kappa shape index (κ3) is 5.66. The van der Waals surface area contributed by atoms with E-state index in [4.69, 9.17) is 0 Å². The van der Waals surface area contributed by atoms with Crippen LogP contribution in [0.1, 0.15) is 24.8 Å². The molecule has 1 fully saturated rings. The summed E-state index contributed by atoms with van der Waals surface area (Å²) in [6.07, 6.45) is -2.47. The Morgan fingerprint density at radius 2 is 2.04 bits per heavy atom. The average Bonchev–Trinajstić information content (AvgIpc) is 3.05. The van der Waals surface area contributed by atoms with E-state index in [2.05, 4.69) is 4.72 Å². The highest BCUT2D eigenvalue weighted by molar-refractivity contribution is 7.89. The van der Waals surface area contributed by atoms with E-state index in [0.29, 0.717) is 19.0 Å². The van der Waals surface area contributed by atoms with Crippen LogP contribution in [0.3, 0.4) is 0 Å². The topological polar surface area (TPSA) is 69.7 Å². The van der Waals surface area contributed by atoms with Crippen molar-refractivity contribution in [2.24, 2.45) is 0 Å². The number of likely N-dealkylation sites (N-methyl/N-ethyl adjacent to an activating group) is 1. The zero-order chi connectivity index (χ0) is 20.2. The number of halogens is 3. The van der Waals surface area contributed by atoms with Crippen LogP contribution in [0.2, 0.25) is 0 Å². The fourth-order valence-corrected chi connectivity index (χ4v) is 4.20. The fourth-order valence-electron chi connectivity index (χ4n) is 3.08. The Balaban J connectivity index is 1.90. The van der Waals surface area contributed by atoms with Gasteiger partial charge in [-0.05, 0) is 44.0 Å². The smallest absolute Gasteiger partial charge is 0.347 e. The van der Waals surface area contributed by atoms with Crippen LogP contribution in [0.4, 0.5) is 13.2 Å². The number of rotatable bonds is 7. The molecule has 0 bridgehead atoms. The maximum atomic E-state index is 12.7. The van der Waals surface area contributed by atoms with Gasteiger partial charge in [0.2, 0.25) is 15.9 Å². The Kier molecular flexibility index (Phi) is 6.87. The lowest BCUT2D eigenvalue weighted by Crippen LogP contribution is -2.43. The van der Waals surface area contributed by atoms with Gasteiger partial charge in [-0.25, -0.2) is 13.1 Å². The van der Waals surface area contributed by atoms with Crippen LogP contribution >= 0.6 is 0 Å². The summed E-state index contributed by atoms with van der Waals surface area (Å²) in [7, 11) is -0.633. The molecule has 2 rings (SSSR count). The summed E-state index contributed by atoms with van der Waals surface area (Å²) in [5.41, 5.74) is -1.01. The quantitative estimate of drug-likeness (QED) is 0.702. The van der Waals surface area contributed by atoms with Crippen LogP contribution in [0.5, 0.6) is 0 Å². The molecule has 1 aromatic rings. The van der Waals surface area contributed by atoms with Gasteiger partial charge in [0.15, 0.2) is 0 Å². The van der Waals surface area contributed by atoms with Gasteiger partial charge in [-0.2, -0.15) is 13.2 Å². The number of sulfonamides is 1. The van der Waals surface area contributed by atoms with Gasteiger partial charge in [0.05, 0.1) is 16.5 Å². The van der Waals surface area contributed by atoms with Gasteiger partial charge in [0.1, 0.15) is 0 Å². The van der Waals surface area contributed by atoms with E-state index in [9.17, 15) is 26.4 Å². The molecule has 0 saturated carbocycles. The molecule has 152 valence electrons. The zero-order valence-electron chi connectivity index (χ0n) is 15.3. The van der Waals surface area contributed by atoms with Crippen LogP contribution in [0.15, 0.2) is 29.2 Å². The number of nitrogens with one attached hydrogen (secondary N) is 1. The molecule has 0 aromatic heterocycles. The minimum absolute atomic E-state index is 0.0250. The molecule has 1 heterocycles. The van der Waals surface area contributed by atoms with Gasteiger partial charge in [-0.1, -0.05) is 6.07 Å². The minimum Gasteiger partial charge on any atom is -0.347 e. The first-order chi connectivity index (χ1) is 12.5. The van der Waals surface area contributed by atoms with Crippen molar-refractivity contribution in [2.75, 3.05) is 33.7 Å². The molecular weight excluding hydrogens is 383 g/mol. The Hall–Kier alpha value is -1.65. The first kappa shape index (κ1) is 21.6. The summed E-state index contributed by atoms with van der Waals surface area (Å²) in [6.45, 7) is 1.39. The maximum absolute atomic E-state index is 12.7. The number of carbonyl (C=O) groups is 1. The Labute approximate surface area is 157 Å². The highest BCUT2D eigenvalue weighted by atomic mass is 32.2. The van der Waals surface area contributed by atoms with Gasteiger partial charge in [-0.3, -0.25) is 9.69 Å². The first-order valence-electron chi connectivity index (χ1n) is 8.64. The molecular formula is C17H24F3N3O3S. The number of nitrogens with zero attached hydrogens (tertiary/aromatic N) is 2. The molecule has 0 radical (unpaired) electrons. The molecule has 1 saturated heterocycles. The van der Waals surface area contributed by atoms with Crippen LogP contribution in [-0.2, 0) is 21.0 Å². The number of hydrogen-bond donors (Lipinski definition) is 1. The second-order valence-electron chi connectivity index (χ2n) is 6.70. The van der Waals surface area contributed by atoms with Crippen molar-refractivity contribution in [2.45, 2.75) is 36.4 Å². The van der Waals surface area contributed by atoms with E-state index < -0.39 is 26.7 Å². The standard InChI is InChI=1S/C17H24F3N3O3S/c1-22(2)16(24)15-8-4-10-23(15)11-5-9-21-27(25,26)14-7-3-6-13(12-14)17(18,19)20/h3,6-7,12,15,21H,4-5,8-11H2,1-2H3. The average molecular weight is 407 g/mol. The number of alkyl halides is 3. The largest absolute Gasteiger partial charge is 0.416 e. The SMILES string of the molecule is CN(C)C(=O)C1CCCN1CCCNS(=O)(=O)c1cccc(C(F)(F)F)c1. The normalized spacial score (nSPS) is 18.6. The number of benzene rings is 1. The molecule has 10 heteroatoms. The van der Waals surface area contributed by atoms with Crippen LogP contribution in [0.25, 0.3) is 0 Å². The summed E-state index contributed by atoms with van der Waals surface area (Å²) in [4.78, 5) is 15.3. The second-order valence-corrected chi connectivity index (χ2v) is 8.47. The highest BCUT2D eigenvalue weighted by Crippen LogP contribution is 2.30. The van der Waals surface area contributed by atoms with Gasteiger partial charge >= 0.3 is 6.18 Å². The minimum atomic E-state index is -4.60. The third-order valence-corrected chi connectivity index (χ3v) is 5.93. The van der Waals surface area contributed by atoms with Crippen LogP contribution < -0.4 is 4.72 Å². The van der Waals surface area contributed by atoms with Crippen LogP contribution in [-0.4, -0.2) is 63.9 Å². The lowest BCUT2D eigenvalue weighted by Gasteiger charge is -2.26. The van der Waals surface area contributed by atoms with Gasteiger partial charge in [-0.15, -0.1) is 0 Å². The predicted molar refractivity (Wildman–Crippen MR) is 94.5 cm³/mol. The molecule has 1 unspecified atom stereocenters. The second kappa shape index (κ2) is 8.57. The summed E-state index contributed by atoms with van der Waals surface area (Å²) in [5, 5.41) is 0. The maximum Gasteiger partial charge on any atom is 0.416 e. The van der Waals surface area contributed by atoms with Gasteiger partial charge < -0.3 is 4.90 Å². The van der Waals surface area contributed by atoms with E-state index in [1.807, 2.05) is 4.90 Å². The number of carbonyl (C=O) groups excluding carboxylic acids is 1. The Morgan fingerprint density at radius 3 is 2.67 bits per heavy atom. The fraction of sp³-hybridized carbons (Fsp3) is 0.588. The monoisotopic (exact) mass is 407 g/mol. The van der Waals surface area contributed by atoms with Crippen molar-refractivity contribution in [3.05, 3.63) is 29.8 Å². The summed E-state index contributed by atoms with van der Waals surface area (Å²) >= 11 is 0. The van der Waals surface area contributed by atoms with Crippen molar-refractivity contribution in [3.8, 4) is 0 Å². The first-order valence-corrected chi connectivity index (χ1v) is 10.1. The molecule has 1 aromatic carbocycles. The van der Waals surface area contributed by atoms with E-state index in [1.165, 1.54) is 0 Å². The number of hydrogen-bond acceptors (Lipinski definition) is 4. The van der Waals surface area contributed by atoms with Crippen molar-refractivity contribution >= 4 is 15.9 Å². The van der Waals surface area contributed by atoms with Crippen molar-refractivity contribution < 1.29 is 26.4 Å². The molecule has 1 atom stereocenters. The van der Waals surface area contributed by atoms with Crippen molar-refractivity contribution in [3.63, 3.8) is 0 Å². The predicted octanol–water partition coefficient (Wildman–Crippen LogP) is 1.93. The van der Waals surface area contributed by atoms with Crippen molar-refractivity contribution in [1.82, 2.24) is 14.5 Å². The summed E-state index contributed by atoms with van der Waals surface area (Å²) in [6, 6.07) is 3.45. The molecule has 1 amide bonds. The van der Waals surface area contributed by atoms with E-state index in [-0.39, 0.29) is 18.5 Å². The summed E-state index contributed by atoms with van der Waals surface area (Å²) < 4.78 is 65.0. The molecule has 27 heavy (non-hydrogen) atoms.